The van der Waals surface area contributed by atoms with Gasteiger partial charge in [-0.25, -0.2) is 4.39 Å². The van der Waals surface area contributed by atoms with E-state index in [0.717, 1.165) is 10.3 Å². The maximum absolute atomic E-state index is 13.4. The fourth-order valence-electron chi connectivity index (χ4n) is 1.59. The molecule has 0 aliphatic heterocycles. The molecule has 0 bridgehead atoms. The highest BCUT2D eigenvalue weighted by Gasteiger charge is 2.16. The first-order valence-electron chi connectivity index (χ1n) is 4.85. The average Bonchev–Trinajstić information content (AvgIpc) is 2.45. The number of hydrogen-bond acceptors (Lipinski definition) is 2. The minimum atomic E-state index is -0.739. The van der Waals surface area contributed by atoms with Crippen molar-refractivity contribution in [2.75, 3.05) is 0 Å². The van der Waals surface area contributed by atoms with Gasteiger partial charge >= 0.3 is 0 Å². The van der Waals surface area contributed by atoms with Gasteiger partial charge in [0.15, 0.2) is 0 Å². The standard InChI is InChI=1S/C12H13FOS/c1-12(2,14)7-9-6-8-4-3-5-10(13)11(8)15-9/h3-6,14H,7H2,1-2H3. The molecule has 0 amide bonds. The molecule has 2 aromatic rings. The Kier molecular flexibility index (Phi) is 2.52. The Balaban J connectivity index is 2.44. The molecular formula is C12H13FOS. The highest BCUT2D eigenvalue weighted by atomic mass is 32.1. The quantitative estimate of drug-likeness (QED) is 0.829. The van der Waals surface area contributed by atoms with Gasteiger partial charge in [-0.1, -0.05) is 12.1 Å². The summed E-state index contributed by atoms with van der Waals surface area (Å²) in [5, 5.41) is 10.6. The van der Waals surface area contributed by atoms with Crippen LogP contribution in [0.4, 0.5) is 4.39 Å². The first kappa shape index (κ1) is 10.6. The summed E-state index contributed by atoms with van der Waals surface area (Å²) < 4.78 is 14.1. The molecule has 0 unspecified atom stereocenters. The number of hydrogen-bond donors (Lipinski definition) is 1. The normalized spacial score (nSPS) is 12.3. The van der Waals surface area contributed by atoms with Gasteiger partial charge in [0.25, 0.3) is 0 Å². The lowest BCUT2D eigenvalue weighted by Gasteiger charge is -2.14. The molecule has 1 aromatic heterocycles. The average molecular weight is 224 g/mol. The lowest BCUT2D eigenvalue weighted by atomic mass is 10.0. The molecule has 0 atom stereocenters. The van der Waals surface area contributed by atoms with Crippen molar-refractivity contribution >= 4 is 21.4 Å². The van der Waals surface area contributed by atoms with Gasteiger partial charge in [-0.3, -0.25) is 0 Å². The molecule has 1 nitrogen and oxygen atoms in total. The van der Waals surface area contributed by atoms with Crippen molar-refractivity contribution in [2.24, 2.45) is 0 Å². The van der Waals surface area contributed by atoms with Crippen LogP contribution in [0.1, 0.15) is 18.7 Å². The summed E-state index contributed by atoms with van der Waals surface area (Å²) in [5.41, 5.74) is -0.739. The summed E-state index contributed by atoms with van der Waals surface area (Å²) in [6, 6.07) is 7.01. The number of halogens is 1. The second-order valence-electron chi connectivity index (χ2n) is 4.36. The predicted molar refractivity (Wildman–Crippen MR) is 61.8 cm³/mol. The maximum atomic E-state index is 13.4. The van der Waals surface area contributed by atoms with Crippen LogP contribution >= 0.6 is 11.3 Å². The van der Waals surface area contributed by atoms with E-state index >= 15 is 0 Å². The van der Waals surface area contributed by atoms with Gasteiger partial charge in [0, 0.05) is 11.3 Å². The number of aliphatic hydroxyl groups is 1. The second kappa shape index (κ2) is 3.58. The minimum Gasteiger partial charge on any atom is -0.390 e. The van der Waals surface area contributed by atoms with E-state index in [9.17, 15) is 9.50 Å². The molecule has 0 saturated heterocycles. The Hall–Kier alpha value is -0.930. The molecule has 1 aromatic carbocycles. The zero-order valence-corrected chi connectivity index (χ0v) is 9.57. The molecule has 0 spiro atoms. The van der Waals surface area contributed by atoms with E-state index in [4.69, 9.17) is 0 Å². The van der Waals surface area contributed by atoms with Crippen LogP contribution in [0.25, 0.3) is 10.1 Å². The molecule has 0 radical (unpaired) electrons. The summed E-state index contributed by atoms with van der Waals surface area (Å²) in [6.45, 7) is 3.52. The molecule has 80 valence electrons. The van der Waals surface area contributed by atoms with Crippen molar-refractivity contribution in [1.29, 1.82) is 0 Å². The van der Waals surface area contributed by atoms with Crippen LogP contribution in [-0.4, -0.2) is 10.7 Å². The third kappa shape index (κ3) is 2.36. The predicted octanol–water partition coefficient (Wildman–Crippen LogP) is 3.35. The van der Waals surface area contributed by atoms with Crippen LogP contribution in [0.3, 0.4) is 0 Å². The van der Waals surface area contributed by atoms with Gasteiger partial charge in [-0.15, -0.1) is 11.3 Å². The topological polar surface area (TPSA) is 20.2 Å². The first-order valence-corrected chi connectivity index (χ1v) is 5.67. The van der Waals surface area contributed by atoms with Crippen molar-refractivity contribution < 1.29 is 9.50 Å². The van der Waals surface area contributed by atoms with Crippen LogP contribution < -0.4 is 0 Å². The monoisotopic (exact) mass is 224 g/mol. The Morgan fingerprint density at radius 2 is 2.13 bits per heavy atom. The van der Waals surface area contributed by atoms with E-state index in [2.05, 4.69) is 0 Å². The summed E-state index contributed by atoms with van der Waals surface area (Å²) in [7, 11) is 0. The molecule has 2 rings (SSSR count). The van der Waals surface area contributed by atoms with Gasteiger partial charge < -0.3 is 5.11 Å². The van der Waals surface area contributed by atoms with Crippen molar-refractivity contribution in [1.82, 2.24) is 0 Å². The number of fused-ring (bicyclic) bond motifs is 1. The third-order valence-corrected chi connectivity index (χ3v) is 3.31. The van der Waals surface area contributed by atoms with Crippen molar-refractivity contribution in [3.8, 4) is 0 Å². The molecule has 0 aliphatic rings. The van der Waals surface area contributed by atoms with Crippen molar-refractivity contribution in [2.45, 2.75) is 25.9 Å². The van der Waals surface area contributed by atoms with Crippen LogP contribution in [0.15, 0.2) is 24.3 Å². The summed E-state index contributed by atoms with van der Waals surface area (Å²) in [6.07, 6.45) is 0.561. The fourth-order valence-corrected chi connectivity index (χ4v) is 2.88. The lowest BCUT2D eigenvalue weighted by molar-refractivity contribution is 0.0819. The summed E-state index contributed by atoms with van der Waals surface area (Å²) in [5.74, 6) is -0.181. The third-order valence-electron chi connectivity index (χ3n) is 2.15. The smallest absolute Gasteiger partial charge is 0.140 e. The zero-order chi connectivity index (χ0) is 11.1. The van der Waals surface area contributed by atoms with E-state index in [0.29, 0.717) is 11.1 Å². The van der Waals surface area contributed by atoms with Gasteiger partial charge in [0.05, 0.1) is 10.3 Å². The molecule has 1 N–H and O–H groups in total. The van der Waals surface area contributed by atoms with Gasteiger partial charge in [-0.2, -0.15) is 0 Å². The summed E-state index contributed by atoms with van der Waals surface area (Å²) >= 11 is 1.42. The van der Waals surface area contributed by atoms with Gasteiger partial charge in [-0.05, 0) is 31.4 Å². The Morgan fingerprint density at radius 3 is 2.73 bits per heavy atom. The SMILES string of the molecule is CC(C)(O)Cc1cc2cccc(F)c2s1. The van der Waals surface area contributed by atoms with Crippen molar-refractivity contribution in [3.63, 3.8) is 0 Å². The lowest BCUT2D eigenvalue weighted by Crippen LogP contribution is -2.20. The van der Waals surface area contributed by atoms with Crippen LogP contribution in [-0.2, 0) is 6.42 Å². The number of benzene rings is 1. The van der Waals surface area contributed by atoms with E-state index in [1.807, 2.05) is 12.1 Å². The van der Waals surface area contributed by atoms with Gasteiger partial charge in [0.1, 0.15) is 5.82 Å². The molecule has 1 heterocycles. The zero-order valence-electron chi connectivity index (χ0n) is 8.75. The highest BCUT2D eigenvalue weighted by molar-refractivity contribution is 7.19. The van der Waals surface area contributed by atoms with Gasteiger partial charge in [0.2, 0.25) is 0 Å². The fraction of sp³-hybridized carbons (Fsp3) is 0.333. The first-order chi connectivity index (χ1) is 6.96. The molecule has 3 heteroatoms. The van der Waals surface area contributed by atoms with E-state index in [1.54, 1.807) is 19.9 Å². The Morgan fingerprint density at radius 1 is 1.40 bits per heavy atom. The molecular weight excluding hydrogens is 211 g/mol. The minimum absolute atomic E-state index is 0.181. The van der Waals surface area contributed by atoms with E-state index < -0.39 is 5.60 Å². The van der Waals surface area contributed by atoms with Crippen molar-refractivity contribution in [3.05, 3.63) is 35.0 Å². The highest BCUT2D eigenvalue weighted by Crippen LogP contribution is 2.29. The second-order valence-corrected chi connectivity index (χ2v) is 5.50. The number of rotatable bonds is 2. The largest absolute Gasteiger partial charge is 0.390 e. The molecule has 0 aliphatic carbocycles. The Bertz CT molecular complexity index is 482. The van der Waals surface area contributed by atoms with Crippen LogP contribution in [0.2, 0.25) is 0 Å². The Labute approximate surface area is 92.2 Å². The van der Waals surface area contributed by atoms with E-state index in [1.165, 1.54) is 17.4 Å². The van der Waals surface area contributed by atoms with Crippen LogP contribution in [0.5, 0.6) is 0 Å². The van der Waals surface area contributed by atoms with Crippen LogP contribution in [0, 0.1) is 5.82 Å². The maximum Gasteiger partial charge on any atom is 0.140 e. The van der Waals surface area contributed by atoms with E-state index in [-0.39, 0.29) is 5.82 Å². The molecule has 0 saturated carbocycles. The summed E-state index contributed by atoms with van der Waals surface area (Å²) in [4.78, 5) is 1.02. The molecule has 15 heavy (non-hydrogen) atoms. The molecule has 0 fully saturated rings. The number of thiophene rings is 1.